The summed E-state index contributed by atoms with van der Waals surface area (Å²) in [5, 5.41) is 11.0. The van der Waals surface area contributed by atoms with Crippen molar-refractivity contribution in [3.05, 3.63) is 81.5 Å². The molecule has 0 spiro atoms. The fraction of sp³-hybridized carbons (Fsp3) is 0.269. The molecule has 2 aromatic rings. The van der Waals surface area contributed by atoms with Crippen molar-refractivity contribution in [3.63, 3.8) is 0 Å². The predicted octanol–water partition coefficient (Wildman–Crippen LogP) is 5.54. The molecule has 0 radical (unpaired) electrons. The van der Waals surface area contributed by atoms with Crippen molar-refractivity contribution < 1.29 is 19.4 Å². The topological polar surface area (TPSA) is 79.2 Å². The number of ether oxygens (including phenoxy) is 1. The molecule has 0 saturated carbocycles. The highest BCUT2D eigenvalue weighted by Gasteiger charge is 2.34. The van der Waals surface area contributed by atoms with Crippen molar-refractivity contribution in [3.8, 4) is 0 Å². The molecule has 33 heavy (non-hydrogen) atoms. The Kier molecular flexibility index (Phi) is 8.11. The van der Waals surface area contributed by atoms with Crippen molar-refractivity contribution in [2.75, 3.05) is 24.6 Å². The lowest BCUT2D eigenvalue weighted by molar-refractivity contribution is -0.138. The molecule has 6 nitrogen and oxygen atoms in total. The van der Waals surface area contributed by atoms with E-state index in [9.17, 15) is 14.7 Å². The number of benzene rings is 2. The molecule has 1 N–H and O–H groups in total. The van der Waals surface area contributed by atoms with Gasteiger partial charge in [-0.2, -0.15) is 0 Å². The minimum absolute atomic E-state index is 0.0882. The minimum Gasteiger partial charge on any atom is -0.506 e. The lowest BCUT2D eigenvalue weighted by atomic mass is 10.1. The second-order valence-corrected chi connectivity index (χ2v) is 8.39. The van der Waals surface area contributed by atoms with Gasteiger partial charge in [0, 0.05) is 24.3 Å². The van der Waals surface area contributed by atoms with Crippen molar-refractivity contribution in [2.45, 2.75) is 27.7 Å². The molecule has 1 aliphatic heterocycles. The summed E-state index contributed by atoms with van der Waals surface area (Å²) in [5.41, 5.74) is 3.10. The maximum atomic E-state index is 12.8. The number of aryl methyl sites for hydroxylation is 1. The molecule has 0 fully saturated rings. The average Bonchev–Trinajstić information content (AvgIpc) is 3.10. The number of carbonyl (C=O) groups excluding carboxylic acids is 2. The first kappa shape index (κ1) is 24.3. The van der Waals surface area contributed by atoms with E-state index in [1.807, 2.05) is 43.3 Å². The SMILES string of the molecule is CCOC(=O)C1=C(O)/C(=C/c2ccc(N(CC)CC)cc2)SC1=NC(=O)c1ccccc1C. The first-order valence-corrected chi connectivity index (χ1v) is 11.8. The van der Waals surface area contributed by atoms with Gasteiger partial charge in [-0.1, -0.05) is 42.1 Å². The molecular formula is C26H28N2O4S. The highest BCUT2D eigenvalue weighted by atomic mass is 32.2. The van der Waals surface area contributed by atoms with Crippen LogP contribution in [0.25, 0.3) is 6.08 Å². The zero-order valence-electron chi connectivity index (χ0n) is 19.3. The summed E-state index contributed by atoms with van der Waals surface area (Å²) in [5.74, 6) is -1.42. The van der Waals surface area contributed by atoms with Crippen LogP contribution < -0.4 is 4.90 Å². The van der Waals surface area contributed by atoms with Crippen molar-refractivity contribution in [2.24, 2.45) is 4.99 Å². The number of carbonyl (C=O) groups is 2. The third kappa shape index (κ3) is 5.54. The number of hydrogen-bond donors (Lipinski definition) is 1. The first-order valence-electron chi connectivity index (χ1n) is 10.9. The number of rotatable bonds is 7. The molecule has 0 aliphatic carbocycles. The van der Waals surface area contributed by atoms with E-state index in [2.05, 4.69) is 23.7 Å². The summed E-state index contributed by atoms with van der Waals surface area (Å²) >= 11 is 1.08. The second kappa shape index (κ2) is 11.0. The molecular weight excluding hydrogens is 436 g/mol. The number of aliphatic imine (C=N–C) groups is 1. The molecule has 0 saturated heterocycles. The van der Waals surface area contributed by atoms with Crippen LogP contribution in [0.3, 0.4) is 0 Å². The normalized spacial score (nSPS) is 15.9. The van der Waals surface area contributed by atoms with Crippen LogP contribution in [0.15, 0.2) is 69.8 Å². The molecule has 0 aromatic heterocycles. The van der Waals surface area contributed by atoms with Crippen LogP contribution in [0.4, 0.5) is 5.69 Å². The number of thioether (sulfide) groups is 1. The molecule has 0 atom stereocenters. The van der Waals surface area contributed by atoms with E-state index < -0.39 is 11.9 Å². The Hall–Kier alpha value is -3.32. The summed E-state index contributed by atoms with van der Waals surface area (Å²) in [4.78, 5) is 32.2. The van der Waals surface area contributed by atoms with Gasteiger partial charge in [-0.3, -0.25) is 4.79 Å². The minimum atomic E-state index is -0.709. The zero-order valence-corrected chi connectivity index (χ0v) is 20.1. The second-order valence-electron chi connectivity index (χ2n) is 7.36. The highest BCUT2D eigenvalue weighted by molar-refractivity contribution is 8.18. The lowest BCUT2D eigenvalue weighted by Crippen LogP contribution is -2.21. The fourth-order valence-corrected chi connectivity index (χ4v) is 4.49. The Labute approximate surface area is 198 Å². The fourth-order valence-electron chi connectivity index (χ4n) is 3.48. The quantitative estimate of drug-likeness (QED) is 0.542. The Morgan fingerprint density at radius 3 is 2.33 bits per heavy atom. The predicted molar refractivity (Wildman–Crippen MR) is 135 cm³/mol. The van der Waals surface area contributed by atoms with Gasteiger partial charge in [0.25, 0.3) is 5.91 Å². The van der Waals surface area contributed by atoms with Crippen LogP contribution in [-0.2, 0) is 9.53 Å². The van der Waals surface area contributed by atoms with E-state index in [0.29, 0.717) is 10.5 Å². The van der Waals surface area contributed by atoms with Gasteiger partial charge in [-0.25, -0.2) is 9.79 Å². The summed E-state index contributed by atoms with van der Waals surface area (Å²) in [6, 6.07) is 15.0. The van der Waals surface area contributed by atoms with Crippen molar-refractivity contribution in [1.82, 2.24) is 0 Å². The van der Waals surface area contributed by atoms with E-state index in [4.69, 9.17) is 4.74 Å². The Balaban J connectivity index is 1.97. The molecule has 1 amide bonds. The third-order valence-electron chi connectivity index (χ3n) is 5.27. The van der Waals surface area contributed by atoms with Gasteiger partial charge in [-0.15, -0.1) is 0 Å². The van der Waals surface area contributed by atoms with Gasteiger partial charge < -0.3 is 14.7 Å². The number of nitrogens with zero attached hydrogens (tertiary/aromatic N) is 2. The highest BCUT2D eigenvalue weighted by Crippen LogP contribution is 2.39. The van der Waals surface area contributed by atoms with E-state index >= 15 is 0 Å². The summed E-state index contributed by atoms with van der Waals surface area (Å²) in [7, 11) is 0. The standard InChI is InChI=1S/C26H28N2O4S/c1-5-28(6-2)19-14-12-18(13-15-19)16-21-23(29)22(26(31)32-7-3)25(33-21)27-24(30)20-11-9-8-10-17(20)4/h8-16,29H,5-7H2,1-4H3/b21-16-,27-25?. The van der Waals surface area contributed by atoms with Gasteiger partial charge in [0.05, 0.1) is 11.5 Å². The van der Waals surface area contributed by atoms with Crippen LogP contribution in [0.1, 0.15) is 42.3 Å². The molecule has 3 rings (SSSR count). The molecule has 2 aromatic carbocycles. The number of aliphatic hydroxyl groups is 1. The maximum absolute atomic E-state index is 12.8. The molecule has 1 heterocycles. The molecule has 7 heteroatoms. The van der Waals surface area contributed by atoms with Gasteiger partial charge in [-0.05, 0) is 63.1 Å². The van der Waals surface area contributed by atoms with Gasteiger partial charge in [0.15, 0.2) is 0 Å². The first-order chi connectivity index (χ1) is 15.9. The Morgan fingerprint density at radius 2 is 1.73 bits per heavy atom. The number of esters is 1. The molecule has 172 valence electrons. The van der Waals surface area contributed by atoms with Crippen molar-refractivity contribution in [1.29, 1.82) is 0 Å². The van der Waals surface area contributed by atoms with Gasteiger partial charge in [0.2, 0.25) is 0 Å². The van der Waals surface area contributed by atoms with Crippen LogP contribution in [0.2, 0.25) is 0 Å². The maximum Gasteiger partial charge on any atom is 0.344 e. The summed E-state index contributed by atoms with van der Waals surface area (Å²) in [6.07, 6.45) is 1.77. The van der Waals surface area contributed by atoms with E-state index in [1.165, 1.54) is 0 Å². The number of amides is 1. The van der Waals surface area contributed by atoms with Gasteiger partial charge >= 0.3 is 5.97 Å². The van der Waals surface area contributed by atoms with E-state index in [-0.39, 0.29) is 23.0 Å². The smallest absolute Gasteiger partial charge is 0.344 e. The van der Waals surface area contributed by atoms with Crippen LogP contribution in [0.5, 0.6) is 0 Å². The third-order valence-corrected chi connectivity index (χ3v) is 6.29. The molecule has 0 bridgehead atoms. The monoisotopic (exact) mass is 464 g/mol. The summed E-state index contributed by atoms with van der Waals surface area (Å²) < 4.78 is 5.11. The lowest BCUT2D eigenvalue weighted by Gasteiger charge is -2.20. The largest absolute Gasteiger partial charge is 0.506 e. The summed E-state index contributed by atoms with van der Waals surface area (Å²) in [6.45, 7) is 9.68. The van der Waals surface area contributed by atoms with Crippen LogP contribution in [0, 0.1) is 6.92 Å². The Bertz CT molecular complexity index is 1130. The average molecular weight is 465 g/mol. The van der Waals surface area contributed by atoms with E-state index in [1.54, 1.807) is 25.1 Å². The Morgan fingerprint density at radius 1 is 1.06 bits per heavy atom. The zero-order chi connectivity index (χ0) is 24.0. The van der Waals surface area contributed by atoms with Crippen molar-refractivity contribution >= 4 is 40.4 Å². The number of aliphatic hydroxyl groups excluding tert-OH is 1. The van der Waals surface area contributed by atoms with Crippen LogP contribution in [-0.4, -0.2) is 41.7 Å². The number of anilines is 1. The molecule has 1 aliphatic rings. The van der Waals surface area contributed by atoms with E-state index in [0.717, 1.165) is 41.7 Å². The van der Waals surface area contributed by atoms with Gasteiger partial charge in [0.1, 0.15) is 16.4 Å². The van der Waals surface area contributed by atoms with Crippen LogP contribution >= 0.6 is 11.8 Å². The number of hydrogen-bond acceptors (Lipinski definition) is 6. The molecule has 0 unspecified atom stereocenters.